The minimum atomic E-state index is -0.264. The molecule has 0 saturated carbocycles. The van der Waals surface area contributed by atoms with Crippen LogP contribution in [0.25, 0.3) is 6.08 Å². The Hall–Kier alpha value is -3.19. The molecule has 0 spiro atoms. The van der Waals surface area contributed by atoms with Crippen molar-refractivity contribution in [1.29, 1.82) is 0 Å². The third-order valence-electron chi connectivity index (χ3n) is 3.77. The molecule has 0 fully saturated rings. The van der Waals surface area contributed by atoms with E-state index in [-0.39, 0.29) is 5.91 Å². The number of carbonyl (C=O) groups excluding carboxylic acids is 1. The summed E-state index contributed by atoms with van der Waals surface area (Å²) in [4.78, 5) is 12.2. The number of anilines is 1. The van der Waals surface area contributed by atoms with Crippen molar-refractivity contribution in [3.63, 3.8) is 0 Å². The van der Waals surface area contributed by atoms with Crippen LogP contribution in [0.5, 0.6) is 0 Å². The van der Waals surface area contributed by atoms with E-state index in [1.54, 1.807) is 17.1 Å². The van der Waals surface area contributed by atoms with Crippen molar-refractivity contribution in [1.82, 2.24) is 20.3 Å². The molecule has 0 bridgehead atoms. The van der Waals surface area contributed by atoms with Crippen LogP contribution in [0.15, 0.2) is 59.4 Å². The third-order valence-corrected chi connectivity index (χ3v) is 3.77. The Bertz CT molecular complexity index is 868. The highest BCUT2D eigenvalue weighted by Gasteiger charge is 2.11. The van der Waals surface area contributed by atoms with Crippen LogP contribution in [0.2, 0.25) is 0 Å². The molecule has 0 atom stereocenters. The topological polar surface area (TPSA) is 85.0 Å². The number of rotatable bonds is 8. The van der Waals surface area contributed by atoms with E-state index < -0.39 is 0 Å². The van der Waals surface area contributed by atoms with Crippen molar-refractivity contribution in [2.45, 2.75) is 13.5 Å². The zero-order valence-corrected chi connectivity index (χ0v) is 14.6. The lowest BCUT2D eigenvalue weighted by atomic mass is 10.2. The van der Waals surface area contributed by atoms with Crippen molar-refractivity contribution in [3.8, 4) is 0 Å². The SMILES string of the molecule is Cc1ccccc1NC(=O)c1cn(CCNC/C=C/c2ccco2)nn1. The van der Waals surface area contributed by atoms with Gasteiger partial charge in [-0.15, -0.1) is 5.10 Å². The fraction of sp³-hybridized carbons (Fsp3) is 0.211. The van der Waals surface area contributed by atoms with E-state index in [1.165, 1.54) is 0 Å². The number of carbonyl (C=O) groups is 1. The number of hydrogen-bond acceptors (Lipinski definition) is 5. The van der Waals surface area contributed by atoms with Crippen molar-refractivity contribution in [3.05, 3.63) is 72.0 Å². The van der Waals surface area contributed by atoms with E-state index in [2.05, 4.69) is 20.9 Å². The van der Waals surface area contributed by atoms with Crippen molar-refractivity contribution < 1.29 is 9.21 Å². The van der Waals surface area contributed by atoms with Crippen LogP contribution in [0.4, 0.5) is 5.69 Å². The minimum Gasteiger partial charge on any atom is -0.465 e. The Morgan fingerprint density at radius 1 is 1.27 bits per heavy atom. The highest BCUT2D eigenvalue weighted by atomic mass is 16.3. The molecule has 0 aliphatic rings. The van der Waals surface area contributed by atoms with E-state index >= 15 is 0 Å². The van der Waals surface area contributed by atoms with Crippen molar-refractivity contribution >= 4 is 17.7 Å². The lowest BCUT2D eigenvalue weighted by Gasteiger charge is -2.05. The van der Waals surface area contributed by atoms with Gasteiger partial charge in [-0.1, -0.05) is 29.5 Å². The van der Waals surface area contributed by atoms with Crippen LogP contribution in [0, 0.1) is 6.92 Å². The van der Waals surface area contributed by atoms with Crippen LogP contribution in [0.1, 0.15) is 21.8 Å². The number of aromatic nitrogens is 3. The molecule has 0 radical (unpaired) electrons. The summed E-state index contributed by atoms with van der Waals surface area (Å²) in [6.45, 7) is 4.00. The lowest BCUT2D eigenvalue weighted by Crippen LogP contribution is -2.20. The fourth-order valence-electron chi connectivity index (χ4n) is 2.35. The first-order valence-electron chi connectivity index (χ1n) is 8.40. The Morgan fingerprint density at radius 2 is 2.15 bits per heavy atom. The summed E-state index contributed by atoms with van der Waals surface area (Å²) in [6, 6.07) is 11.4. The lowest BCUT2D eigenvalue weighted by molar-refractivity contribution is 0.102. The molecule has 0 aliphatic heterocycles. The van der Waals surface area contributed by atoms with Crippen LogP contribution in [-0.2, 0) is 6.54 Å². The molecule has 2 N–H and O–H groups in total. The van der Waals surface area contributed by atoms with Gasteiger partial charge in [0, 0.05) is 18.8 Å². The van der Waals surface area contributed by atoms with E-state index in [0.29, 0.717) is 18.8 Å². The standard InChI is InChI=1S/C19H21N5O2/c1-15-6-2-3-9-17(15)21-19(25)18-14-24(23-22-18)12-11-20-10-4-7-16-8-5-13-26-16/h2-9,13-14,20H,10-12H2,1H3,(H,21,25)/b7-4+. The third kappa shape index (κ3) is 4.90. The van der Waals surface area contributed by atoms with E-state index in [4.69, 9.17) is 4.42 Å². The van der Waals surface area contributed by atoms with Gasteiger partial charge < -0.3 is 15.1 Å². The zero-order chi connectivity index (χ0) is 18.2. The summed E-state index contributed by atoms with van der Waals surface area (Å²) in [7, 11) is 0. The summed E-state index contributed by atoms with van der Waals surface area (Å²) in [6.07, 6.45) is 7.19. The first-order valence-corrected chi connectivity index (χ1v) is 8.40. The van der Waals surface area contributed by atoms with Crippen LogP contribution in [0.3, 0.4) is 0 Å². The summed E-state index contributed by atoms with van der Waals surface area (Å²) in [5.41, 5.74) is 2.07. The highest BCUT2D eigenvalue weighted by Crippen LogP contribution is 2.13. The number of hydrogen-bond donors (Lipinski definition) is 2. The van der Waals surface area contributed by atoms with Crippen LogP contribution >= 0.6 is 0 Å². The van der Waals surface area contributed by atoms with Gasteiger partial charge in [0.15, 0.2) is 5.69 Å². The molecule has 1 amide bonds. The predicted molar refractivity (Wildman–Crippen MR) is 99.8 cm³/mol. The Morgan fingerprint density at radius 3 is 2.96 bits per heavy atom. The van der Waals surface area contributed by atoms with Gasteiger partial charge in [-0.05, 0) is 36.8 Å². The molecule has 2 heterocycles. The van der Waals surface area contributed by atoms with Gasteiger partial charge in [0.2, 0.25) is 0 Å². The second kappa shape index (κ2) is 8.77. The highest BCUT2D eigenvalue weighted by molar-refractivity contribution is 6.02. The first-order chi connectivity index (χ1) is 12.7. The quantitative estimate of drug-likeness (QED) is 0.610. The predicted octanol–water partition coefficient (Wildman–Crippen LogP) is 2.73. The molecule has 26 heavy (non-hydrogen) atoms. The number of aryl methyl sites for hydroxylation is 1. The number of amides is 1. The molecule has 0 unspecified atom stereocenters. The molecule has 0 saturated heterocycles. The van der Waals surface area contributed by atoms with Crippen molar-refractivity contribution in [2.24, 2.45) is 0 Å². The number of furan rings is 1. The molecule has 134 valence electrons. The molecule has 1 aromatic carbocycles. The second-order valence-corrected chi connectivity index (χ2v) is 5.76. The number of para-hydroxylation sites is 1. The second-order valence-electron chi connectivity index (χ2n) is 5.76. The molecular formula is C19H21N5O2. The maximum Gasteiger partial charge on any atom is 0.277 e. The average molecular weight is 351 g/mol. The van der Waals surface area contributed by atoms with Gasteiger partial charge in [-0.3, -0.25) is 9.48 Å². The van der Waals surface area contributed by atoms with Crippen LogP contribution in [-0.4, -0.2) is 34.0 Å². The van der Waals surface area contributed by atoms with Crippen LogP contribution < -0.4 is 10.6 Å². The van der Waals surface area contributed by atoms with E-state index in [0.717, 1.165) is 23.6 Å². The summed E-state index contributed by atoms with van der Waals surface area (Å²) in [5, 5.41) is 14.0. The first kappa shape index (κ1) is 17.6. The maximum absolute atomic E-state index is 12.2. The molecule has 7 heteroatoms. The number of nitrogens with zero attached hydrogens (tertiary/aromatic N) is 3. The Labute approximate surface area is 151 Å². The molecule has 3 aromatic rings. The van der Waals surface area contributed by atoms with Gasteiger partial charge in [0.25, 0.3) is 5.91 Å². The monoisotopic (exact) mass is 351 g/mol. The van der Waals surface area contributed by atoms with E-state index in [9.17, 15) is 4.79 Å². The summed E-state index contributed by atoms with van der Waals surface area (Å²) >= 11 is 0. The van der Waals surface area contributed by atoms with E-state index in [1.807, 2.05) is 55.5 Å². The molecule has 0 aliphatic carbocycles. The molecule has 3 rings (SSSR count). The Kier molecular flexibility index (Phi) is 5.95. The normalized spacial score (nSPS) is 11.1. The largest absolute Gasteiger partial charge is 0.465 e. The molecule has 7 nitrogen and oxygen atoms in total. The van der Waals surface area contributed by atoms with Gasteiger partial charge in [0.05, 0.1) is 19.0 Å². The average Bonchev–Trinajstić information content (AvgIpc) is 3.32. The number of nitrogens with one attached hydrogen (secondary N) is 2. The zero-order valence-electron chi connectivity index (χ0n) is 14.6. The van der Waals surface area contributed by atoms with Gasteiger partial charge in [-0.25, -0.2) is 0 Å². The molecular weight excluding hydrogens is 330 g/mol. The van der Waals surface area contributed by atoms with Gasteiger partial charge >= 0.3 is 0 Å². The summed E-state index contributed by atoms with van der Waals surface area (Å²) in [5.74, 6) is 0.562. The Balaban J connectivity index is 1.43. The fourth-order valence-corrected chi connectivity index (χ4v) is 2.35. The van der Waals surface area contributed by atoms with Crippen molar-refractivity contribution in [2.75, 3.05) is 18.4 Å². The minimum absolute atomic E-state index is 0.264. The maximum atomic E-state index is 12.2. The summed E-state index contributed by atoms with van der Waals surface area (Å²) < 4.78 is 6.86. The molecule has 2 aromatic heterocycles. The van der Waals surface area contributed by atoms with Gasteiger partial charge in [-0.2, -0.15) is 0 Å². The smallest absolute Gasteiger partial charge is 0.277 e. The van der Waals surface area contributed by atoms with Gasteiger partial charge in [0.1, 0.15) is 5.76 Å². The number of benzene rings is 1.